The van der Waals surface area contributed by atoms with Gasteiger partial charge in [0, 0.05) is 12.0 Å². The Morgan fingerprint density at radius 1 is 1.10 bits per heavy atom. The lowest BCUT2D eigenvalue weighted by atomic mass is 9.65. The van der Waals surface area contributed by atoms with Crippen LogP contribution in [-0.4, -0.2) is 34.5 Å². The largest absolute Gasteiger partial charge is 0.480 e. The van der Waals surface area contributed by atoms with Gasteiger partial charge >= 0.3 is 5.97 Å². The molecule has 2 fully saturated rings. The minimum Gasteiger partial charge on any atom is -0.480 e. The number of hydrogen-bond donors (Lipinski definition) is 1. The van der Waals surface area contributed by atoms with Crippen molar-refractivity contribution < 1.29 is 14.7 Å². The van der Waals surface area contributed by atoms with Crippen molar-refractivity contribution in [1.29, 1.82) is 0 Å². The van der Waals surface area contributed by atoms with E-state index in [1.165, 1.54) is 25.7 Å². The summed E-state index contributed by atoms with van der Waals surface area (Å²) in [4.78, 5) is 25.3. The molecule has 2 aliphatic rings. The van der Waals surface area contributed by atoms with Gasteiger partial charge in [0.05, 0.1) is 0 Å². The van der Waals surface area contributed by atoms with Crippen molar-refractivity contribution in [2.75, 3.05) is 6.54 Å². The first-order chi connectivity index (χ1) is 9.50. The van der Waals surface area contributed by atoms with Crippen molar-refractivity contribution in [1.82, 2.24) is 4.90 Å². The van der Waals surface area contributed by atoms with Gasteiger partial charge in [-0.3, -0.25) is 9.59 Å². The van der Waals surface area contributed by atoms with Crippen LogP contribution >= 0.6 is 0 Å². The van der Waals surface area contributed by atoms with E-state index in [4.69, 9.17) is 5.11 Å². The molecule has 0 bridgehead atoms. The van der Waals surface area contributed by atoms with Gasteiger partial charge in [0.1, 0.15) is 6.54 Å². The quantitative estimate of drug-likeness (QED) is 0.862. The van der Waals surface area contributed by atoms with Crippen LogP contribution in [-0.2, 0) is 9.59 Å². The van der Waals surface area contributed by atoms with E-state index in [1.54, 1.807) is 4.90 Å². The molecule has 0 aromatic carbocycles. The number of hydrogen-bond acceptors (Lipinski definition) is 2. The van der Waals surface area contributed by atoms with E-state index in [1.807, 2.05) is 13.8 Å². The molecular formula is C16H27NO3. The Morgan fingerprint density at radius 3 is 2.40 bits per heavy atom. The van der Waals surface area contributed by atoms with Gasteiger partial charge in [-0.2, -0.15) is 0 Å². The predicted octanol–water partition coefficient (Wildman–Crippen LogP) is 2.91. The van der Waals surface area contributed by atoms with Gasteiger partial charge in [-0.05, 0) is 38.5 Å². The fourth-order valence-electron chi connectivity index (χ4n) is 4.12. The standard InChI is InChI=1S/C16H27NO3/c1-11(2)17(10-15(18)19)16(20)14-9-5-7-12-6-3-4-8-13(12)14/h11-14H,3-10H2,1-2H3,(H,18,19). The third kappa shape index (κ3) is 3.33. The number of carboxylic acid groups (broad SMARTS) is 1. The van der Waals surface area contributed by atoms with Gasteiger partial charge in [0.25, 0.3) is 0 Å². The van der Waals surface area contributed by atoms with E-state index >= 15 is 0 Å². The van der Waals surface area contributed by atoms with Gasteiger partial charge in [-0.1, -0.05) is 32.1 Å². The molecule has 4 nitrogen and oxygen atoms in total. The first-order valence-corrected chi connectivity index (χ1v) is 8.03. The summed E-state index contributed by atoms with van der Waals surface area (Å²) < 4.78 is 0. The molecule has 4 heteroatoms. The maximum Gasteiger partial charge on any atom is 0.323 e. The van der Waals surface area contributed by atoms with Crippen LogP contribution < -0.4 is 0 Å². The normalized spacial score (nSPS) is 29.9. The van der Waals surface area contributed by atoms with Crippen LogP contribution in [0.4, 0.5) is 0 Å². The van der Waals surface area contributed by atoms with Gasteiger partial charge < -0.3 is 10.0 Å². The van der Waals surface area contributed by atoms with Gasteiger partial charge in [-0.15, -0.1) is 0 Å². The molecule has 114 valence electrons. The molecule has 3 unspecified atom stereocenters. The lowest BCUT2D eigenvalue weighted by Crippen LogP contribution is -2.48. The summed E-state index contributed by atoms with van der Waals surface area (Å²) in [5, 5.41) is 9.02. The molecule has 1 amide bonds. The van der Waals surface area contributed by atoms with Crippen LogP contribution in [0.15, 0.2) is 0 Å². The fourth-order valence-corrected chi connectivity index (χ4v) is 4.12. The number of aliphatic carboxylic acids is 1. The Labute approximate surface area is 121 Å². The van der Waals surface area contributed by atoms with Crippen LogP contribution in [0.1, 0.15) is 58.8 Å². The molecule has 1 N–H and O–H groups in total. The molecular weight excluding hydrogens is 254 g/mol. The summed E-state index contributed by atoms with van der Waals surface area (Å²) >= 11 is 0. The van der Waals surface area contributed by atoms with Crippen LogP contribution in [0.2, 0.25) is 0 Å². The SMILES string of the molecule is CC(C)N(CC(=O)O)C(=O)C1CCCC2CCCCC21. The van der Waals surface area contributed by atoms with E-state index in [9.17, 15) is 9.59 Å². The summed E-state index contributed by atoms with van der Waals surface area (Å²) in [7, 11) is 0. The maximum absolute atomic E-state index is 12.8. The third-order valence-electron chi connectivity index (χ3n) is 5.10. The van der Waals surface area contributed by atoms with E-state index in [0.717, 1.165) is 19.3 Å². The first-order valence-electron chi connectivity index (χ1n) is 8.03. The highest BCUT2D eigenvalue weighted by Gasteiger charge is 2.40. The summed E-state index contributed by atoms with van der Waals surface area (Å²) in [6, 6.07) is -0.0393. The molecule has 0 aromatic heterocycles. The van der Waals surface area contributed by atoms with Crippen molar-refractivity contribution in [2.24, 2.45) is 17.8 Å². The van der Waals surface area contributed by atoms with Crippen molar-refractivity contribution in [3.05, 3.63) is 0 Å². The van der Waals surface area contributed by atoms with Crippen LogP contribution in [0, 0.1) is 17.8 Å². The number of fused-ring (bicyclic) bond motifs is 1. The topological polar surface area (TPSA) is 57.6 Å². The van der Waals surface area contributed by atoms with Crippen molar-refractivity contribution in [3.63, 3.8) is 0 Å². The highest BCUT2D eigenvalue weighted by Crippen LogP contribution is 2.44. The summed E-state index contributed by atoms with van der Waals surface area (Å²) in [5.41, 5.74) is 0. The minimum atomic E-state index is -0.914. The Balaban J connectivity index is 2.10. The predicted molar refractivity (Wildman–Crippen MR) is 77.3 cm³/mol. The lowest BCUT2D eigenvalue weighted by Gasteiger charge is -2.42. The molecule has 2 saturated carbocycles. The second kappa shape index (κ2) is 6.59. The summed E-state index contributed by atoms with van der Waals surface area (Å²) in [6.07, 6.45) is 8.26. The Kier molecular flexibility index (Phi) is 5.06. The third-order valence-corrected chi connectivity index (χ3v) is 5.10. The molecule has 2 aliphatic carbocycles. The average molecular weight is 281 g/mol. The summed E-state index contributed by atoms with van der Waals surface area (Å²) in [5.74, 6) is 0.434. The molecule has 0 spiro atoms. The van der Waals surface area contributed by atoms with Crippen LogP contribution in [0.5, 0.6) is 0 Å². The van der Waals surface area contributed by atoms with Gasteiger partial charge in [-0.25, -0.2) is 0 Å². The number of carboxylic acids is 1. The first kappa shape index (κ1) is 15.3. The Hall–Kier alpha value is -1.06. The molecule has 0 aliphatic heterocycles. The highest BCUT2D eigenvalue weighted by molar-refractivity contribution is 5.83. The van der Waals surface area contributed by atoms with Gasteiger partial charge in [0.2, 0.25) is 5.91 Å². The number of rotatable bonds is 4. The monoisotopic (exact) mass is 281 g/mol. The van der Waals surface area contributed by atoms with E-state index in [2.05, 4.69) is 0 Å². The fraction of sp³-hybridized carbons (Fsp3) is 0.875. The second-order valence-electron chi connectivity index (χ2n) is 6.70. The Morgan fingerprint density at radius 2 is 1.75 bits per heavy atom. The van der Waals surface area contributed by atoms with Crippen LogP contribution in [0.25, 0.3) is 0 Å². The molecule has 0 saturated heterocycles. The smallest absolute Gasteiger partial charge is 0.323 e. The second-order valence-corrected chi connectivity index (χ2v) is 6.70. The highest BCUT2D eigenvalue weighted by atomic mass is 16.4. The average Bonchev–Trinajstić information content (AvgIpc) is 2.43. The zero-order valence-electron chi connectivity index (χ0n) is 12.7. The molecule has 2 rings (SSSR count). The number of carbonyl (C=O) groups is 2. The molecule has 0 heterocycles. The van der Waals surface area contributed by atoms with Crippen molar-refractivity contribution in [2.45, 2.75) is 64.8 Å². The van der Waals surface area contributed by atoms with Crippen LogP contribution in [0.3, 0.4) is 0 Å². The number of amides is 1. The van der Waals surface area contributed by atoms with Gasteiger partial charge in [0.15, 0.2) is 0 Å². The Bertz CT molecular complexity index is 365. The zero-order chi connectivity index (χ0) is 14.7. The lowest BCUT2D eigenvalue weighted by molar-refractivity contribution is -0.150. The number of nitrogens with zero attached hydrogens (tertiary/aromatic N) is 1. The molecule has 0 radical (unpaired) electrons. The van der Waals surface area contributed by atoms with E-state index < -0.39 is 5.97 Å². The summed E-state index contributed by atoms with van der Waals surface area (Å²) in [6.45, 7) is 3.65. The molecule has 3 atom stereocenters. The van der Waals surface area contributed by atoms with Crippen molar-refractivity contribution in [3.8, 4) is 0 Å². The molecule has 20 heavy (non-hydrogen) atoms. The maximum atomic E-state index is 12.8. The van der Waals surface area contributed by atoms with Crippen molar-refractivity contribution >= 4 is 11.9 Å². The minimum absolute atomic E-state index is 0.0393. The van der Waals surface area contributed by atoms with E-state index in [-0.39, 0.29) is 24.4 Å². The number of carbonyl (C=O) groups excluding carboxylic acids is 1. The molecule has 0 aromatic rings. The zero-order valence-corrected chi connectivity index (χ0v) is 12.7. The van der Waals surface area contributed by atoms with E-state index in [0.29, 0.717) is 11.8 Å².